The Bertz CT molecular complexity index is 1090. The number of nitrogens with zero attached hydrogens (tertiary/aromatic N) is 4. The van der Waals surface area contributed by atoms with Crippen molar-refractivity contribution in [3.05, 3.63) is 36.2 Å². The van der Waals surface area contributed by atoms with Gasteiger partial charge in [-0.3, -0.25) is 4.79 Å². The van der Waals surface area contributed by atoms with Crippen LogP contribution in [0.15, 0.2) is 30.6 Å². The van der Waals surface area contributed by atoms with Gasteiger partial charge in [-0.1, -0.05) is 13.8 Å². The monoisotopic (exact) mass is 425 g/mol. The van der Waals surface area contributed by atoms with E-state index >= 15 is 0 Å². The number of amides is 1. The van der Waals surface area contributed by atoms with Gasteiger partial charge in [-0.25, -0.2) is 9.97 Å². The first kappa shape index (κ1) is 20.9. The molecule has 10 nitrogen and oxygen atoms in total. The summed E-state index contributed by atoms with van der Waals surface area (Å²) < 4.78 is 7.45. The maximum absolute atomic E-state index is 12.8. The third kappa shape index (κ3) is 4.69. The van der Waals surface area contributed by atoms with E-state index in [0.29, 0.717) is 41.0 Å². The number of nitrogens with one attached hydrogen (secondary N) is 3. The normalized spacial score (nSPS) is 13.8. The Kier molecular flexibility index (Phi) is 5.64. The molecule has 4 N–H and O–H groups in total. The van der Waals surface area contributed by atoms with Gasteiger partial charge in [0.15, 0.2) is 5.65 Å². The predicted octanol–water partition coefficient (Wildman–Crippen LogP) is 2.20. The molecule has 0 aromatic carbocycles. The predicted molar refractivity (Wildman–Crippen MR) is 117 cm³/mol. The number of hydrogen-bond acceptors (Lipinski definition) is 8. The van der Waals surface area contributed by atoms with Gasteiger partial charge in [-0.2, -0.15) is 9.61 Å². The number of pyridine rings is 1. The van der Waals surface area contributed by atoms with Crippen molar-refractivity contribution in [3.63, 3.8) is 0 Å². The molecule has 1 fully saturated rings. The number of aliphatic hydroxyl groups excluding tert-OH is 1. The molecule has 0 radical (unpaired) electrons. The molecular weight excluding hydrogens is 398 g/mol. The minimum Gasteiger partial charge on any atom is -0.473 e. The molecule has 164 valence electrons. The fourth-order valence-electron chi connectivity index (χ4n) is 2.90. The van der Waals surface area contributed by atoms with Crippen molar-refractivity contribution in [2.24, 2.45) is 5.41 Å². The molecule has 10 heteroatoms. The van der Waals surface area contributed by atoms with Crippen molar-refractivity contribution in [1.82, 2.24) is 24.9 Å². The van der Waals surface area contributed by atoms with Crippen molar-refractivity contribution < 1.29 is 14.6 Å². The molecular formula is C21H27N7O3. The number of fused-ring (bicyclic) bond motifs is 1. The van der Waals surface area contributed by atoms with Gasteiger partial charge in [0.25, 0.3) is 5.91 Å². The van der Waals surface area contributed by atoms with Gasteiger partial charge < -0.3 is 25.8 Å². The van der Waals surface area contributed by atoms with Crippen LogP contribution in [0, 0.1) is 5.41 Å². The Morgan fingerprint density at radius 2 is 2.19 bits per heavy atom. The zero-order valence-electron chi connectivity index (χ0n) is 17.8. The molecule has 3 aromatic heterocycles. The fourth-order valence-corrected chi connectivity index (χ4v) is 2.90. The van der Waals surface area contributed by atoms with Crippen LogP contribution >= 0.6 is 0 Å². The van der Waals surface area contributed by atoms with Gasteiger partial charge in [-0.15, -0.1) is 0 Å². The summed E-state index contributed by atoms with van der Waals surface area (Å²) in [5, 5.41) is 22.9. The summed E-state index contributed by atoms with van der Waals surface area (Å²) in [5.74, 6) is 1.41. The molecule has 1 amide bonds. The molecule has 31 heavy (non-hydrogen) atoms. The summed E-state index contributed by atoms with van der Waals surface area (Å²) in [7, 11) is 1.77. The number of aliphatic hydroxyl groups is 1. The quantitative estimate of drug-likeness (QED) is 0.411. The lowest BCUT2D eigenvalue weighted by molar-refractivity contribution is 0.0912. The van der Waals surface area contributed by atoms with Crippen molar-refractivity contribution in [1.29, 1.82) is 0 Å². The van der Waals surface area contributed by atoms with Gasteiger partial charge in [0.2, 0.25) is 5.88 Å². The van der Waals surface area contributed by atoms with Crippen molar-refractivity contribution in [2.45, 2.75) is 32.8 Å². The van der Waals surface area contributed by atoms with E-state index in [0.717, 1.165) is 12.8 Å². The fraction of sp³-hybridized carbons (Fsp3) is 0.429. The number of carbonyl (C=O) groups is 1. The molecule has 0 spiro atoms. The highest BCUT2D eigenvalue weighted by molar-refractivity contribution is 6.00. The molecule has 1 saturated carbocycles. The van der Waals surface area contributed by atoms with E-state index in [2.05, 4.69) is 31.0 Å². The SMILES string of the molecule is CNc1cc(Nc2cccnc2OC2CC2)nc2c(C(=O)NCC(C)(C)CO)cnn12. The lowest BCUT2D eigenvalue weighted by atomic mass is 9.95. The second-order valence-corrected chi connectivity index (χ2v) is 8.37. The summed E-state index contributed by atoms with van der Waals surface area (Å²) in [6.45, 7) is 4.04. The number of rotatable bonds is 9. The number of carbonyl (C=O) groups excluding carboxylic acids is 1. The number of hydrogen-bond donors (Lipinski definition) is 4. The third-order valence-corrected chi connectivity index (χ3v) is 4.96. The van der Waals surface area contributed by atoms with Crippen LogP contribution in [0.4, 0.5) is 17.3 Å². The molecule has 3 heterocycles. The standard InChI is InChI=1S/C21H27N7O3/c1-21(2,12-29)11-24-19(30)14-10-25-28-17(22-3)9-16(27-18(14)28)26-15-5-4-8-23-20(15)31-13-6-7-13/h4-5,8-10,13,22,29H,6-7,11-12H2,1-3H3,(H,24,30)(H,26,27). The van der Waals surface area contributed by atoms with E-state index in [-0.39, 0.29) is 18.6 Å². The minimum absolute atomic E-state index is 0.0331. The Hall–Kier alpha value is -3.40. The van der Waals surface area contributed by atoms with Gasteiger partial charge in [0.05, 0.1) is 6.20 Å². The lowest BCUT2D eigenvalue weighted by Gasteiger charge is -2.21. The highest BCUT2D eigenvalue weighted by atomic mass is 16.5. The van der Waals surface area contributed by atoms with Crippen molar-refractivity contribution in [3.8, 4) is 5.88 Å². The molecule has 0 unspecified atom stereocenters. The first-order valence-electron chi connectivity index (χ1n) is 10.2. The van der Waals surface area contributed by atoms with Gasteiger partial charge in [0.1, 0.15) is 29.0 Å². The van der Waals surface area contributed by atoms with E-state index in [1.165, 1.54) is 6.20 Å². The van der Waals surface area contributed by atoms with Crippen LogP contribution in [0.2, 0.25) is 0 Å². The van der Waals surface area contributed by atoms with Crippen LogP contribution in [0.1, 0.15) is 37.0 Å². The molecule has 4 rings (SSSR count). The number of aromatic nitrogens is 4. The van der Waals surface area contributed by atoms with E-state index in [1.807, 2.05) is 26.0 Å². The Labute approximate surface area is 180 Å². The van der Waals surface area contributed by atoms with Crippen LogP contribution in [-0.2, 0) is 0 Å². The molecule has 3 aromatic rings. The Morgan fingerprint density at radius 1 is 1.39 bits per heavy atom. The lowest BCUT2D eigenvalue weighted by Crippen LogP contribution is -2.36. The van der Waals surface area contributed by atoms with Crippen LogP contribution < -0.4 is 20.7 Å². The number of ether oxygens (including phenoxy) is 1. The van der Waals surface area contributed by atoms with Crippen molar-refractivity contribution in [2.75, 3.05) is 30.8 Å². The zero-order chi connectivity index (χ0) is 22.0. The molecule has 0 aliphatic heterocycles. The highest BCUT2D eigenvalue weighted by Crippen LogP contribution is 2.32. The maximum Gasteiger partial charge on any atom is 0.256 e. The van der Waals surface area contributed by atoms with E-state index in [1.54, 1.807) is 23.8 Å². The maximum atomic E-state index is 12.8. The van der Waals surface area contributed by atoms with Crippen molar-refractivity contribution >= 4 is 28.9 Å². The van der Waals surface area contributed by atoms with E-state index in [4.69, 9.17) is 4.74 Å². The first-order valence-corrected chi connectivity index (χ1v) is 10.2. The average Bonchev–Trinajstić information content (AvgIpc) is 3.48. The third-order valence-electron chi connectivity index (χ3n) is 4.96. The summed E-state index contributed by atoms with van der Waals surface area (Å²) >= 11 is 0. The zero-order valence-corrected chi connectivity index (χ0v) is 17.8. The summed E-state index contributed by atoms with van der Waals surface area (Å²) in [6.07, 6.45) is 5.45. The molecule has 1 aliphatic rings. The van der Waals surface area contributed by atoms with Gasteiger partial charge >= 0.3 is 0 Å². The van der Waals surface area contributed by atoms with Gasteiger partial charge in [0, 0.05) is 37.9 Å². The molecule has 1 aliphatic carbocycles. The Balaban J connectivity index is 1.63. The average molecular weight is 425 g/mol. The second kappa shape index (κ2) is 8.38. The summed E-state index contributed by atoms with van der Waals surface area (Å²) in [5.41, 5.74) is 1.02. The Morgan fingerprint density at radius 3 is 2.90 bits per heavy atom. The largest absolute Gasteiger partial charge is 0.473 e. The van der Waals surface area contributed by atoms with Gasteiger partial charge in [-0.05, 0) is 25.0 Å². The second-order valence-electron chi connectivity index (χ2n) is 8.37. The topological polar surface area (TPSA) is 126 Å². The molecule has 0 saturated heterocycles. The van der Waals surface area contributed by atoms with Crippen LogP contribution in [-0.4, -0.2) is 56.9 Å². The smallest absolute Gasteiger partial charge is 0.256 e. The summed E-state index contributed by atoms with van der Waals surface area (Å²) in [6, 6.07) is 5.49. The van der Waals surface area contributed by atoms with Crippen LogP contribution in [0.25, 0.3) is 5.65 Å². The molecule has 0 bridgehead atoms. The highest BCUT2D eigenvalue weighted by Gasteiger charge is 2.25. The van der Waals surface area contributed by atoms with E-state index in [9.17, 15) is 9.90 Å². The number of anilines is 3. The van der Waals surface area contributed by atoms with E-state index < -0.39 is 5.41 Å². The minimum atomic E-state index is -0.423. The van der Waals surface area contributed by atoms with Crippen LogP contribution in [0.3, 0.4) is 0 Å². The summed E-state index contributed by atoms with van der Waals surface area (Å²) in [4.78, 5) is 21.7. The van der Waals surface area contributed by atoms with Crippen LogP contribution in [0.5, 0.6) is 5.88 Å². The first-order chi connectivity index (χ1) is 14.9. The molecule has 0 atom stereocenters.